The molecule has 1 aliphatic heterocycles. The summed E-state index contributed by atoms with van der Waals surface area (Å²) in [6.07, 6.45) is 2.15. The van der Waals surface area contributed by atoms with E-state index in [-0.39, 0.29) is 5.75 Å². The molecular formula is C17H18BrNO2S. The molecule has 0 fully saturated rings. The molecule has 0 spiro atoms. The monoisotopic (exact) mass is 379 g/mol. The summed E-state index contributed by atoms with van der Waals surface area (Å²) in [6, 6.07) is 15.1. The Balaban J connectivity index is 1.74. The van der Waals surface area contributed by atoms with Crippen molar-refractivity contribution in [3.05, 3.63) is 58.6 Å². The molecule has 0 atom stereocenters. The van der Waals surface area contributed by atoms with Crippen LogP contribution in [0.1, 0.15) is 12.0 Å². The van der Waals surface area contributed by atoms with Crippen molar-refractivity contribution in [2.75, 3.05) is 23.7 Å². The smallest absolute Gasteiger partial charge is 0.180 e. The Labute approximate surface area is 140 Å². The van der Waals surface area contributed by atoms with Crippen molar-refractivity contribution >= 4 is 31.5 Å². The number of benzene rings is 2. The molecule has 0 unspecified atom stereocenters. The third kappa shape index (κ3) is 3.36. The number of rotatable bonds is 4. The second-order valence-electron chi connectivity index (χ2n) is 5.49. The number of para-hydroxylation sites is 1. The van der Waals surface area contributed by atoms with Crippen LogP contribution in [0.15, 0.2) is 57.9 Å². The summed E-state index contributed by atoms with van der Waals surface area (Å²) in [5.74, 6) is 0.142. The molecule has 2 aromatic carbocycles. The van der Waals surface area contributed by atoms with Gasteiger partial charge < -0.3 is 4.90 Å². The third-order valence-corrected chi connectivity index (χ3v) is 6.25. The molecule has 3 rings (SSSR count). The molecule has 0 aromatic heterocycles. The van der Waals surface area contributed by atoms with E-state index in [1.807, 2.05) is 12.1 Å². The van der Waals surface area contributed by atoms with E-state index in [2.05, 4.69) is 33.0 Å². The Bertz CT molecular complexity index is 756. The minimum Gasteiger partial charge on any atom is -0.370 e. The number of halogens is 1. The maximum Gasteiger partial charge on any atom is 0.180 e. The molecule has 3 nitrogen and oxygen atoms in total. The van der Waals surface area contributed by atoms with Crippen LogP contribution >= 0.6 is 15.9 Å². The fourth-order valence-electron chi connectivity index (χ4n) is 2.83. The van der Waals surface area contributed by atoms with Crippen molar-refractivity contribution in [1.82, 2.24) is 0 Å². The Hall–Kier alpha value is -1.33. The first-order valence-corrected chi connectivity index (χ1v) is 9.82. The first kappa shape index (κ1) is 15.6. The van der Waals surface area contributed by atoms with Crippen LogP contribution in [0.25, 0.3) is 0 Å². The van der Waals surface area contributed by atoms with E-state index in [0.29, 0.717) is 11.4 Å². The van der Waals surface area contributed by atoms with Crippen LogP contribution in [0.5, 0.6) is 0 Å². The zero-order chi connectivity index (χ0) is 15.6. The van der Waals surface area contributed by atoms with Gasteiger partial charge in [0.15, 0.2) is 9.84 Å². The minimum atomic E-state index is -3.24. The molecule has 0 amide bonds. The lowest BCUT2D eigenvalue weighted by molar-refractivity contribution is 0.593. The van der Waals surface area contributed by atoms with Crippen molar-refractivity contribution in [1.29, 1.82) is 0 Å². The third-order valence-electron chi connectivity index (χ3n) is 4.01. The van der Waals surface area contributed by atoms with E-state index in [9.17, 15) is 8.42 Å². The Morgan fingerprint density at radius 2 is 1.77 bits per heavy atom. The Kier molecular flexibility index (Phi) is 4.54. The summed E-state index contributed by atoms with van der Waals surface area (Å²) < 4.78 is 25.8. The van der Waals surface area contributed by atoms with E-state index in [1.54, 1.807) is 24.3 Å². The molecule has 22 heavy (non-hydrogen) atoms. The fourth-order valence-corrected chi connectivity index (χ4v) is 4.35. The van der Waals surface area contributed by atoms with Gasteiger partial charge in [-0.15, -0.1) is 0 Å². The number of hydrogen-bond donors (Lipinski definition) is 0. The van der Waals surface area contributed by atoms with E-state index < -0.39 is 9.84 Å². The zero-order valence-electron chi connectivity index (χ0n) is 12.2. The van der Waals surface area contributed by atoms with Crippen molar-refractivity contribution < 1.29 is 8.42 Å². The van der Waals surface area contributed by atoms with Gasteiger partial charge in [0.05, 0.1) is 10.6 Å². The van der Waals surface area contributed by atoms with Crippen LogP contribution < -0.4 is 4.90 Å². The van der Waals surface area contributed by atoms with Gasteiger partial charge >= 0.3 is 0 Å². The van der Waals surface area contributed by atoms with Gasteiger partial charge in [-0.2, -0.15) is 0 Å². The van der Waals surface area contributed by atoms with E-state index in [0.717, 1.165) is 23.9 Å². The van der Waals surface area contributed by atoms with Crippen LogP contribution in [-0.2, 0) is 16.3 Å². The number of sulfone groups is 1. The molecule has 0 radical (unpaired) electrons. The van der Waals surface area contributed by atoms with Crippen LogP contribution in [0.3, 0.4) is 0 Å². The summed E-state index contributed by atoms with van der Waals surface area (Å²) in [5.41, 5.74) is 2.49. The lowest BCUT2D eigenvalue weighted by Crippen LogP contribution is -2.33. The molecule has 0 bridgehead atoms. The van der Waals surface area contributed by atoms with Gasteiger partial charge in [-0.25, -0.2) is 8.42 Å². The SMILES string of the molecule is O=S(=O)(CCN1CCCc2ccccc21)c1ccc(Br)cc1. The number of nitrogens with zero attached hydrogens (tertiary/aromatic N) is 1. The molecule has 0 N–H and O–H groups in total. The number of anilines is 1. The largest absolute Gasteiger partial charge is 0.370 e. The second-order valence-corrected chi connectivity index (χ2v) is 8.52. The lowest BCUT2D eigenvalue weighted by Gasteiger charge is -2.31. The van der Waals surface area contributed by atoms with E-state index in [1.165, 1.54) is 11.3 Å². The Morgan fingerprint density at radius 3 is 2.55 bits per heavy atom. The van der Waals surface area contributed by atoms with Crippen molar-refractivity contribution in [3.8, 4) is 0 Å². The second kappa shape index (κ2) is 6.42. The Morgan fingerprint density at radius 1 is 1.05 bits per heavy atom. The fraction of sp³-hybridized carbons (Fsp3) is 0.294. The molecule has 116 valence electrons. The van der Waals surface area contributed by atoms with Crippen molar-refractivity contribution in [2.45, 2.75) is 17.7 Å². The van der Waals surface area contributed by atoms with Gasteiger partial charge in [0.25, 0.3) is 0 Å². The highest BCUT2D eigenvalue weighted by Gasteiger charge is 2.20. The summed E-state index contributed by atoms with van der Waals surface area (Å²) in [6.45, 7) is 1.46. The topological polar surface area (TPSA) is 37.4 Å². The predicted octanol–water partition coefficient (Wildman–Crippen LogP) is 3.68. The first-order chi connectivity index (χ1) is 10.6. The summed E-state index contributed by atoms with van der Waals surface area (Å²) in [4.78, 5) is 2.58. The maximum absolute atomic E-state index is 12.5. The minimum absolute atomic E-state index is 0.142. The van der Waals surface area contributed by atoms with Gasteiger partial charge in [0.1, 0.15) is 0 Å². The molecule has 0 saturated carbocycles. The summed E-state index contributed by atoms with van der Waals surface area (Å²) in [5, 5.41) is 0. The average molecular weight is 380 g/mol. The quantitative estimate of drug-likeness (QED) is 0.812. The lowest BCUT2D eigenvalue weighted by atomic mass is 10.0. The standard InChI is InChI=1S/C17H18BrNO2S/c18-15-7-9-16(10-8-15)22(20,21)13-12-19-11-3-5-14-4-1-2-6-17(14)19/h1-2,4,6-10H,3,5,11-13H2. The zero-order valence-corrected chi connectivity index (χ0v) is 14.6. The van der Waals surface area contributed by atoms with Gasteiger partial charge in [0, 0.05) is 23.2 Å². The highest BCUT2D eigenvalue weighted by molar-refractivity contribution is 9.10. The molecule has 5 heteroatoms. The average Bonchev–Trinajstić information content (AvgIpc) is 2.53. The van der Waals surface area contributed by atoms with Crippen LogP contribution in [-0.4, -0.2) is 27.3 Å². The summed E-state index contributed by atoms with van der Waals surface area (Å²) >= 11 is 3.33. The highest BCUT2D eigenvalue weighted by atomic mass is 79.9. The van der Waals surface area contributed by atoms with Crippen LogP contribution in [0, 0.1) is 0 Å². The highest BCUT2D eigenvalue weighted by Crippen LogP contribution is 2.26. The molecule has 1 heterocycles. The molecule has 0 saturated heterocycles. The van der Waals surface area contributed by atoms with Gasteiger partial charge in [0.2, 0.25) is 0 Å². The van der Waals surface area contributed by atoms with E-state index in [4.69, 9.17) is 0 Å². The predicted molar refractivity (Wildman–Crippen MR) is 93.2 cm³/mol. The summed E-state index contributed by atoms with van der Waals surface area (Å²) in [7, 11) is -3.24. The van der Waals surface area contributed by atoms with Crippen molar-refractivity contribution in [2.24, 2.45) is 0 Å². The van der Waals surface area contributed by atoms with Crippen LogP contribution in [0.2, 0.25) is 0 Å². The number of fused-ring (bicyclic) bond motifs is 1. The molecular weight excluding hydrogens is 362 g/mol. The molecule has 2 aromatic rings. The molecule has 1 aliphatic rings. The van der Waals surface area contributed by atoms with E-state index >= 15 is 0 Å². The van der Waals surface area contributed by atoms with Gasteiger partial charge in [-0.3, -0.25) is 0 Å². The maximum atomic E-state index is 12.5. The number of hydrogen-bond acceptors (Lipinski definition) is 3. The number of aryl methyl sites for hydroxylation is 1. The van der Waals surface area contributed by atoms with Gasteiger partial charge in [-0.1, -0.05) is 34.1 Å². The first-order valence-electron chi connectivity index (χ1n) is 7.37. The van der Waals surface area contributed by atoms with Crippen LogP contribution in [0.4, 0.5) is 5.69 Å². The normalized spacial score (nSPS) is 14.7. The molecule has 0 aliphatic carbocycles. The van der Waals surface area contributed by atoms with Gasteiger partial charge in [-0.05, 0) is 48.7 Å². The van der Waals surface area contributed by atoms with Crippen molar-refractivity contribution in [3.63, 3.8) is 0 Å².